The van der Waals surface area contributed by atoms with Gasteiger partial charge in [0.25, 0.3) is 0 Å². The number of fused-ring (bicyclic) bond motifs is 1. The van der Waals surface area contributed by atoms with Crippen molar-refractivity contribution in [2.75, 3.05) is 0 Å². The van der Waals surface area contributed by atoms with Gasteiger partial charge in [0.05, 0.1) is 6.54 Å². The zero-order chi connectivity index (χ0) is 13.9. The van der Waals surface area contributed by atoms with E-state index in [1.807, 2.05) is 6.07 Å². The van der Waals surface area contributed by atoms with Crippen molar-refractivity contribution in [1.82, 2.24) is 20.1 Å². The van der Waals surface area contributed by atoms with Crippen LogP contribution in [0.25, 0.3) is 0 Å². The normalized spacial score (nSPS) is 15.9. The van der Waals surface area contributed by atoms with E-state index in [9.17, 15) is 0 Å². The molecule has 1 aliphatic rings. The first kappa shape index (κ1) is 13.8. The third-order valence-corrected chi connectivity index (χ3v) is 4.34. The van der Waals surface area contributed by atoms with Crippen LogP contribution in [-0.2, 0) is 19.5 Å². The first-order valence-corrected chi connectivity index (χ1v) is 7.93. The standard InChI is InChI=1S/C15H19BrN4/c1-11(12-5-4-6-13(16)9-12)17-10-15-19-18-14-7-2-3-8-20(14)15/h4-6,9,11,17H,2-3,7-8,10H2,1H3/t11-/m1/s1. The lowest BCUT2D eigenvalue weighted by atomic mass is 10.1. The summed E-state index contributed by atoms with van der Waals surface area (Å²) < 4.78 is 3.38. The molecule has 106 valence electrons. The van der Waals surface area contributed by atoms with E-state index < -0.39 is 0 Å². The molecule has 0 saturated carbocycles. The van der Waals surface area contributed by atoms with E-state index in [0.29, 0.717) is 6.04 Å². The molecule has 0 saturated heterocycles. The van der Waals surface area contributed by atoms with Crippen LogP contribution in [0.4, 0.5) is 0 Å². The van der Waals surface area contributed by atoms with Gasteiger partial charge in [0.15, 0.2) is 0 Å². The highest BCUT2D eigenvalue weighted by molar-refractivity contribution is 9.10. The molecule has 0 spiro atoms. The Bertz CT molecular complexity index is 593. The Hall–Kier alpha value is -1.20. The van der Waals surface area contributed by atoms with E-state index in [2.05, 4.69) is 61.1 Å². The Labute approximate surface area is 127 Å². The molecule has 0 fully saturated rings. The van der Waals surface area contributed by atoms with Crippen LogP contribution in [0.5, 0.6) is 0 Å². The number of aryl methyl sites for hydroxylation is 1. The summed E-state index contributed by atoms with van der Waals surface area (Å²) in [4.78, 5) is 0. The van der Waals surface area contributed by atoms with Gasteiger partial charge in [0.1, 0.15) is 11.6 Å². The van der Waals surface area contributed by atoms with Crippen LogP contribution in [0.15, 0.2) is 28.7 Å². The number of nitrogens with one attached hydrogen (secondary N) is 1. The maximum atomic E-state index is 4.32. The van der Waals surface area contributed by atoms with Crippen molar-refractivity contribution >= 4 is 15.9 Å². The summed E-state index contributed by atoms with van der Waals surface area (Å²) in [6.45, 7) is 4.00. The van der Waals surface area contributed by atoms with Crippen LogP contribution >= 0.6 is 15.9 Å². The maximum Gasteiger partial charge on any atom is 0.147 e. The van der Waals surface area contributed by atoms with Crippen LogP contribution in [0.1, 0.15) is 43.0 Å². The second-order valence-electron chi connectivity index (χ2n) is 5.30. The van der Waals surface area contributed by atoms with Gasteiger partial charge in [0.2, 0.25) is 0 Å². The molecular weight excluding hydrogens is 316 g/mol. The number of hydrogen-bond donors (Lipinski definition) is 1. The summed E-state index contributed by atoms with van der Waals surface area (Å²) >= 11 is 3.52. The minimum absolute atomic E-state index is 0.295. The Morgan fingerprint density at radius 3 is 3.10 bits per heavy atom. The number of rotatable bonds is 4. The molecule has 0 radical (unpaired) electrons. The highest BCUT2D eigenvalue weighted by atomic mass is 79.9. The van der Waals surface area contributed by atoms with E-state index >= 15 is 0 Å². The molecule has 0 amide bonds. The third kappa shape index (κ3) is 2.94. The molecule has 1 atom stereocenters. The highest BCUT2D eigenvalue weighted by Crippen LogP contribution is 2.19. The summed E-state index contributed by atoms with van der Waals surface area (Å²) in [5, 5.41) is 12.1. The smallest absolute Gasteiger partial charge is 0.147 e. The predicted octanol–water partition coefficient (Wildman–Crippen LogP) is 3.23. The minimum atomic E-state index is 0.295. The molecule has 2 aromatic rings. The molecule has 0 aliphatic carbocycles. The topological polar surface area (TPSA) is 42.7 Å². The largest absolute Gasteiger partial charge is 0.314 e. The minimum Gasteiger partial charge on any atom is -0.314 e. The zero-order valence-electron chi connectivity index (χ0n) is 11.6. The first-order chi connectivity index (χ1) is 9.74. The van der Waals surface area contributed by atoms with E-state index in [4.69, 9.17) is 0 Å². The van der Waals surface area contributed by atoms with Crippen molar-refractivity contribution in [2.24, 2.45) is 0 Å². The SMILES string of the molecule is C[C@@H](NCc1nnc2n1CCCC2)c1cccc(Br)c1. The van der Waals surface area contributed by atoms with Crippen LogP contribution in [-0.4, -0.2) is 14.8 Å². The van der Waals surface area contributed by atoms with Crippen molar-refractivity contribution in [3.63, 3.8) is 0 Å². The summed E-state index contributed by atoms with van der Waals surface area (Å²) in [5.74, 6) is 2.20. The van der Waals surface area contributed by atoms with Gasteiger partial charge in [-0.05, 0) is 37.5 Å². The second kappa shape index (κ2) is 6.06. The van der Waals surface area contributed by atoms with Gasteiger partial charge in [-0.15, -0.1) is 10.2 Å². The number of benzene rings is 1. The lowest BCUT2D eigenvalue weighted by molar-refractivity contribution is 0.484. The monoisotopic (exact) mass is 334 g/mol. The van der Waals surface area contributed by atoms with Crippen LogP contribution < -0.4 is 5.32 Å². The van der Waals surface area contributed by atoms with Gasteiger partial charge in [-0.3, -0.25) is 0 Å². The highest BCUT2D eigenvalue weighted by Gasteiger charge is 2.16. The molecule has 20 heavy (non-hydrogen) atoms. The quantitative estimate of drug-likeness (QED) is 0.933. The fraction of sp³-hybridized carbons (Fsp3) is 0.467. The fourth-order valence-electron chi connectivity index (χ4n) is 2.64. The molecule has 5 heteroatoms. The second-order valence-corrected chi connectivity index (χ2v) is 6.21. The van der Waals surface area contributed by atoms with E-state index in [-0.39, 0.29) is 0 Å². The van der Waals surface area contributed by atoms with Crippen LogP contribution in [0, 0.1) is 0 Å². The summed E-state index contributed by atoms with van der Waals surface area (Å²) in [5.41, 5.74) is 1.28. The number of hydrogen-bond acceptors (Lipinski definition) is 3. The van der Waals surface area contributed by atoms with Gasteiger partial charge < -0.3 is 9.88 Å². The Morgan fingerprint density at radius 1 is 1.35 bits per heavy atom. The molecule has 0 unspecified atom stereocenters. The number of halogens is 1. The molecule has 2 heterocycles. The number of aromatic nitrogens is 3. The maximum absolute atomic E-state index is 4.32. The average molecular weight is 335 g/mol. The van der Waals surface area contributed by atoms with Gasteiger partial charge in [-0.2, -0.15) is 0 Å². The van der Waals surface area contributed by atoms with E-state index in [1.54, 1.807) is 0 Å². The lowest BCUT2D eigenvalue weighted by Crippen LogP contribution is -2.22. The molecule has 1 N–H and O–H groups in total. The molecule has 1 aliphatic heterocycles. The molecule has 1 aromatic heterocycles. The van der Waals surface area contributed by atoms with Crippen molar-refractivity contribution in [1.29, 1.82) is 0 Å². The molecule has 0 bridgehead atoms. The van der Waals surface area contributed by atoms with Crippen LogP contribution in [0.3, 0.4) is 0 Å². The molecule has 3 rings (SSSR count). The number of nitrogens with zero attached hydrogens (tertiary/aromatic N) is 3. The summed E-state index contributed by atoms with van der Waals surface area (Å²) in [7, 11) is 0. The molecule has 4 nitrogen and oxygen atoms in total. The van der Waals surface area contributed by atoms with Crippen molar-refractivity contribution in [3.05, 3.63) is 46.0 Å². The van der Waals surface area contributed by atoms with Gasteiger partial charge in [0, 0.05) is 23.5 Å². The Balaban J connectivity index is 1.66. The van der Waals surface area contributed by atoms with Gasteiger partial charge in [-0.1, -0.05) is 28.1 Å². The third-order valence-electron chi connectivity index (χ3n) is 3.85. The van der Waals surface area contributed by atoms with Crippen molar-refractivity contribution in [3.8, 4) is 0 Å². The predicted molar refractivity (Wildman–Crippen MR) is 82.4 cm³/mol. The van der Waals surface area contributed by atoms with Crippen molar-refractivity contribution < 1.29 is 0 Å². The average Bonchev–Trinajstić information content (AvgIpc) is 2.88. The van der Waals surface area contributed by atoms with E-state index in [0.717, 1.165) is 35.6 Å². The zero-order valence-corrected chi connectivity index (χ0v) is 13.2. The van der Waals surface area contributed by atoms with Gasteiger partial charge in [-0.25, -0.2) is 0 Å². The fourth-order valence-corrected chi connectivity index (χ4v) is 3.05. The molecular formula is C15H19BrN4. The van der Waals surface area contributed by atoms with Gasteiger partial charge >= 0.3 is 0 Å². The first-order valence-electron chi connectivity index (χ1n) is 7.14. The molecule has 1 aromatic carbocycles. The Morgan fingerprint density at radius 2 is 2.25 bits per heavy atom. The van der Waals surface area contributed by atoms with Crippen molar-refractivity contribution in [2.45, 2.75) is 45.3 Å². The lowest BCUT2D eigenvalue weighted by Gasteiger charge is -2.17. The summed E-state index contributed by atoms with van der Waals surface area (Å²) in [6, 6.07) is 8.70. The Kier molecular flexibility index (Phi) is 4.17. The summed E-state index contributed by atoms with van der Waals surface area (Å²) in [6.07, 6.45) is 3.54. The van der Waals surface area contributed by atoms with Crippen LogP contribution in [0.2, 0.25) is 0 Å². The van der Waals surface area contributed by atoms with E-state index in [1.165, 1.54) is 18.4 Å².